The fraction of sp³-hybridized carbons (Fsp3) is 0.192. The van der Waals surface area contributed by atoms with Gasteiger partial charge in [-0.15, -0.1) is 0 Å². The quantitative estimate of drug-likeness (QED) is 0.401. The van der Waals surface area contributed by atoms with Gasteiger partial charge in [-0.1, -0.05) is 36.4 Å². The Bertz CT molecular complexity index is 1180. The Morgan fingerprint density at radius 1 is 0.906 bits per heavy atom. The Morgan fingerprint density at radius 3 is 2.47 bits per heavy atom. The van der Waals surface area contributed by atoms with Crippen LogP contribution in [-0.2, 0) is 6.54 Å². The summed E-state index contributed by atoms with van der Waals surface area (Å²) < 4.78 is 3.38. The van der Waals surface area contributed by atoms with E-state index in [0.717, 1.165) is 54.4 Å². The van der Waals surface area contributed by atoms with Crippen molar-refractivity contribution in [3.8, 4) is 0 Å². The van der Waals surface area contributed by atoms with Crippen molar-refractivity contribution in [3.63, 3.8) is 0 Å². The molecule has 3 aromatic carbocycles. The molecule has 1 aliphatic heterocycles. The molecule has 0 spiro atoms. The predicted molar refractivity (Wildman–Crippen MR) is 132 cm³/mol. The van der Waals surface area contributed by atoms with E-state index in [1.54, 1.807) is 11.9 Å². The summed E-state index contributed by atoms with van der Waals surface area (Å²) >= 11 is 1.55. The number of nitrogens with zero attached hydrogens (tertiary/aromatic N) is 2. The topological polar surface area (TPSA) is 51.4 Å². The van der Waals surface area contributed by atoms with Gasteiger partial charge in [0.15, 0.2) is 0 Å². The third kappa shape index (κ3) is 4.82. The Hall–Kier alpha value is -3.22. The second-order valence-corrected chi connectivity index (χ2v) is 8.94. The smallest absolute Gasteiger partial charge is 0.253 e. The van der Waals surface area contributed by atoms with E-state index in [1.807, 2.05) is 41.4 Å². The zero-order chi connectivity index (χ0) is 21.8. The summed E-state index contributed by atoms with van der Waals surface area (Å²) in [6, 6.07) is 26.7. The molecule has 6 heteroatoms. The molecule has 0 radical (unpaired) electrons. The average Bonchev–Trinajstić information content (AvgIpc) is 3.32. The number of hydrogen-bond donors (Lipinski definition) is 2. The molecular weight excluding hydrogens is 416 g/mol. The van der Waals surface area contributed by atoms with Crippen molar-refractivity contribution in [2.24, 2.45) is 0 Å². The van der Waals surface area contributed by atoms with Gasteiger partial charge in [0.05, 0.1) is 0 Å². The summed E-state index contributed by atoms with van der Waals surface area (Å²) in [5, 5.41) is 1.20. The van der Waals surface area contributed by atoms with E-state index in [9.17, 15) is 4.79 Å². The highest BCUT2D eigenvalue weighted by Gasteiger charge is 2.22. The van der Waals surface area contributed by atoms with E-state index in [0.29, 0.717) is 0 Å². The molecule has 5 rings (SSSR count). The van der Waals surface area contributed by atoms with Crippen LogP contribution in [0.4, 0.5) is 5.69 Å². The maximum atomic E-state index is 12.9. The fourth-order valence-electron chi connectivity index (χ4n) is 4.03. The Kier molecular flexibility index (Phi) is 6.14. The molecule has 1 aliphatic rings. The highest BCUT2D eigenvalue weighted by molar-refractivity contribution is 8.00. The molecule has 1 saturated heterocycles. The third-order valence-corrected chi connectivity index (χ3v) is 6.70. The van der Waals surface area contributed by atoms with Gasteiger partial charge in [0, 0.05) is 60.6 Å². The molecule has 1 amide bonds. The normalized spacial score (nSPS) is 14.6. The van der Waals surface area contributed by atoms with Crippen LogP contribution in [0.1, 0.15) is 15.9 Å². The van der Waals surface area contributed by atoms with Crippen molar-refractivity contribution >= 4 is 34.4 Å². The van der Waals surface area contributed by atoms with Gasteiger partial charge in [0.1, 0.15) is 0 Å². The Morgan fingerprint density at radius 2 is 1.69 bits per heavy atom. The first-order chi connectivity index (χ1) is 15.7. The molecule has 0 bridgehead atoms. The number of amides is 1. The van der Waals surface area contributed by atoms with Gasteiger partial charge in [-0.2, -0.15) is 0 Å². The van der Waals surface area contributed by atoms with Gasteiger partial charge in [0.25, 0.3) is 5.91 Å². The summed E-state index contributed by atoms with van der Waals surface area (Å²) in [6.45, 7) is 4.29. The minimum absolute atomic E-state index is 0.117. The van der Waals surface area contributed by atoms with Crippen molar-refractivity contribution in [1.82, 2.24) is 14.8 Å². The summed E-state index contributed by atoms with van der Waals surface area (Å²) in [5.74, 6) is 0.117. The van der Waals surface area contributed by atoms with Crippen LogP contribution >= 0.6 is 11.9 Å². The van der Waals surface area contributed by atoms with Gasteiger partial charge in [-0.25, -0.2) is 0 Å². The molecule has 2 heterocycles. The zero-order valence-corrected chi connectivity index (χ0v) is 18.6. The summed E-state index contributed by atoms with van der Waals surface area (Å²) in [4.78, 5) is 21.6. The van der Waals surface area contributed by atoms with Gasteiger partial charge in [-0.05, 0) is 65.4 Å². The molecule has 5 nitrogen and oxygen atoms in total. The van der Waals surface area contributed by atoms with Crippen molar-refractivity contribution < 1.29 is 4.79 Å². The Balaban J connectivity index is 1.13. The van der Waals surface area contributed by atoms with Gasteiger partial charge in [0.2, 0.25) is 0 Å². The second kappa shape index (κ2) is 9.51. The number of anilines is 1. The van der Waals surface area contributed by atoms with Crippen molar-refractivity contribution in [2.75, 3.05) is 30.9 Å². The molecule has 0 aliphatic carbocycles. The molecule has 0 atom stereocenters. The highest BCUT2D eigenvalue weighted by atomic mass is 32.2. The molecular formula is C26H26N4OS. The number of benzene rings is 3. The molecule has 0 unspecified atom stereocenters. The standard InChI is InChI=1S/C26H26N4OS/c31-26(30-16-14-29(15-17-30)19-20-4-2-1-3-5-20)22-7-10-24(11-8-22)32-28-23-9-6-21-12-13-27-25(21)18-23/h1-13,18,27-28H,14-17,19H2. The molecule has 2 N–H and O–H groups in total. The number of hydrogen-bond acceptors (Lipinski definition) is 4. The lowest BCUT2D eigenvalue weighted by Crippen LogP contribution is -2.48. The van der Waals surface area contributed by atoms with Gasteiger partial charge in [-0.3, -0.25) is 9.69 Å². The molecule has 0 saturated carbocycles. The monoisotopic (exact) mass is 442 g/mol. The SMILES string of the molecule is O=C(c1ccc(SNc2ccc3cc[nH]c3c2)cc1)N1CCN(Cc2ccccc2)CC1. The van der Waals surface area contributed by atoms with E-state index >= 15 is 0 Å². The van der Waals surface area contributed by atoms with Gasteiger partial charge >= 0.3 is 0 Å². The van der Waals surface area contributed by atoms with Crippen molar-refractivity contribution in [3.05, 3.63) is 96.2 Å². The second-order valence-electron chi connectivity index (χ2n) is 8.06. The largest absolute Gasteiger partial charge is 0.361 e. The van der Waals surface area contributed by atoms with E-state index in [2.05, 4.69) is 63.1 Å². The molecule has 4 aromatic rings. The van der Waals surface area contributed by atoms with Crippen LogP contribution in [0, 0.1) is 0 Å². The van der Waals surface area contributed by atoms with Gasteiger partial charge < -0.3 is 14.6 Å². The zero-order valence-electron chi connectivity index (χ0n) is 17.8. The van der Waals surface area contributed by atoms with Crippen LogP contribution in [0.25, 0.3) is 10.9 Å². The molecule has 32 heavy (non-hydrogen) atoms. The highest BCUT2D eigenvalue weighted by Crippen LogP contribution is 2.24. The predicted octanol–water partition coefficient (Wildman–Crippen LogP) is 5.25. The summed E-state index contributed by atoms with van der Waals surface area (Å²) in [5.41, 5.74) is 4.22. The number of carbonyl (C=O) groups is 1. The maximum absolute atomic E-state index is 12.9. The number of fused-ring (bicyclic) bond motifs is 1. The van der Waals surface area contributed by atoms with Crippen LogP contribution in [-0.4, -0.2) is 46.9 Å². The number of rotatable bonds is 6. The number of H-pyrrole nitrogens is 1. The molecule has 1 fully saturated rings. The average molecular weight is 443 g/mol. The van der Waals surface area contributed by atoms with Crippen molar-refractivity contribution in [1.29, 1.82) is 0 Å². The fourth-order valence-corrected chi connectivity index (χ4v) is 4.66. The number of carbonyl (C=O) groups excluding carboxylic acids is 1. The lowest BCUT2D eigenvalue weighted by atomic mass is 10.1. The van der Waals surface area contributed by atoms with E-state index in [-0.39, 0.29) is 5.91 Å². The Labute approximate surface area is 192 Å². The molecule has 1 aromatic heterocycles. The number of piperazine rings is 1. The lowest BCUT2D eigenvalue weighted by Gasteiger charge is -2.34. The first-order valence-electron chi connectivity index (χ1n) is 10.9. The minimum Gasteiger partial charge on any atom is -0.361 e. The summed E-state index contributed by atoms with van der Waals surface area (Å²) in [6.07, 6.45) is 1.94. The van der Waals surface area contributed by atoms with Crippen molar-refractivity contribution in [2.45, 2.75) is 11.4 Å². The van der Waals surface area contributed by atoms with E-state index in [1.165, 1.54) is 10.9 Å². The van der Waals surface area contributed by atoms with Crippen LogP contribution in [0.5, 0.6) is 0 Å². The number of nitrogens with one attached hydrogen (secondary N) is 2. The number of aromatic amines is 1. The van der Waals surface area contributed by atoms with Crippen LogP contribution in [0.15, 0.2) is 90.0 Å². The van der Waals surface area contributed by atoms with Crippen LogP contribution in [0.3, 0.4) is 0 Å². The van der Waals surface area contributed by atoms with Crippen LogP contribution < -0.4 is 4.72 Å². The summed E-state index contributed by atoms with van der Waals surface area (Å²) in [7, 11) is 0. The number of aromatic nitrogens is 1. The van der Waals surface area contributed by atoms with Crippen LogP contribution in [0.2, 0.25) is 0 Å². The molecule has 162 valence electrons. The first-order valence-corrected chi connectivity index (χ1v) is 11.7. The third-order valence-electron chi connectivity index (χ3n) is 5.85. The maximum Gasteiger partial charge on any atom is 0.253 e. The minimum atomic E-state index is 0.117. The van der Waals surface area contributed by atoms with E-state index in [4.69, 9.17) is 0 Å². The van der Waals surface area contributed by atoms with E-state index < -0.39 is 0 Å². The lowest BCUT2D eigenvalue weighted by molar-refractivity contribution is 0.0628. The first kappa shape index (κ1) is 20.7.